The molecule has 20 heavy (non-hydrogen) atoms. The van der Waals surface area contributed by atoms with Crippen molar-refractivity contribution in [3.8, 4) is 10.4 Å². The van der Waals surface area contributed by atoms with Gasteiger partial charge in [-0.25, -0.2) is 4.39 Å². The van der Waals surface area contributed by atoms with Crippen molar-refractivity contribution < 1.29 is 4.39 Å². The fourth-order valence-corrected chi connectivity index (χ4v) is 3.73. The largest absolute Gasteiger partial charge is 0.310 e. The summed E-state index contributed by atoms with van der Waals surface area (Å²) >= 11 is 1.70. The first-order valence-corrected chi connectivity index (χ1v) is 8.07. The van der Waals surface area contributed by atoms with Crippen LogP contribution in [0.4, 0.5) is 4.39 Å². The zero-order valence-electron chi connectivity index (χ0n) is 12.4. The predicted octanol–water partition coefficient (Wildman–Crippen LogP) is 5.31. The minimum atomic E-state index is -0.131. The summed E-state index contributed by atoms with van der Waals surface area (Å²) in [4.78, 5) is 2.32. The lowest BCUT2D eigenvalue weighted by Crippen LogP contribution is -2.19. The topological polar surface area (TPSA) is 12.0 Å². The maximum absolute atomic E-state index is 14.0. The Labute approximate surface area is 124 Å². The summed E-state index contributed by atoms with van der Waals surface area (Å²) < 4.78 is 14.0. The van der Waals surface area contributed by atoms with E-state index in [1.807, 2.05) is 19.1 Å². The third kappa shape index (κ3) is 3.28. The van der Waals surface area contributed by atoms with Crippen molar-refractivity contribution in [2.75, 3.05) is 6.54 Å². The molecule has 0 saturated carbocycles. The van der Waals surface area contributed by atoms with E-state index in [2.05, 4.69) is 25.2 Å². The van der Waals surface area contributed by atoms with Crippen LogP contribution in [0.15, 0.2) is 30.3 Å². The zero-order valence-corrected chi connectivity index (χ0v) is 13.2. The molecule has 1 N–H and O–H groups in total. The molecule has 0 saturated heterocycles. The highest BCUT2D eigenvalue weighted by atomic mass is 32.1. The molecule has 1 unspecified atom stereocenters. The molecule has 2 aromatic rings. The fourth-order valence-electron chi connectivity index (χ4n) is 2.50. The molecule has 1 heterocycles. The van der Waals surface area contributed by atoms with E-state index in [0.717, 1.165) is 35.4 Å². The molecule has 0 fully saturated rings. The number of halogens is 1. The van der Waals surface area contributed by atoms with Gasteiger partial charge in [0.25, 0.3) is 0 Å². The lowest BCUT2D eigenvalue weighted by atomic mass is 10.1. The maximum Gasteiger partial charge on any atom is 0.132 e. The average molecular weight is 291 g/mol. The second-order valence-corrected chi connectivity index (χ2v) is 6.15. The van der Waals surface area contributed by atoms with Gasteiger partial charge in [0.05, 0.1) is 0 Å². The number of nitrogens with one attached hydrogen (secondary N) is 1. The second-order valence-electron chi connectivity index (χ2n) is 5.03. The van der Waals surface area contributed by atoms with Gasteiger partial charge in [-0.1, -0.05) is 32.4 Å². The minimum Gasteiger partial charge on any atom is -0.310 e. The molecule has 1 atom stereocenters. The smallest absolute Gasteiger partial charge is 0.132 e. The monoisotopic (exact) mass is 291 g/mol. The average Bonchev–Trinajstić information content (AvgIpc) is 2.87. The third-order valence-corrected chi connectivity index (χ3v) is 4.68. The second kappa shape index (κ2) is 7.00. The summed E-state index contributed by atoms with van der Waals surface area (Å²) in [6.07, 6.45) is 2.26. The zero-order chi connectivity index (χ0) is 14.5. The van der Waals surface area contributed by atoms with Gasteiger partial charge >= 0.3 is 0 Å². The van der Waals surface area contributed by atoms with Gasteiger partial charge < -0.3 is 5.32 Å². The van der Waals surface area contributed by atoms with E-state index in [9.17, 15) is 4.39 Å². The Morgan fingerprint density at radius 2 is 2.00 bits per heavy atom. The van der Waals surface area contributed by atoms with E-state index in [1.54, 1.807) is 17.4 Å². The summed E-state index contributed by atoms with van der Waals surface area (Å²) in [5.41, 5.74) is 1.74. The Morgan fingerprint density at radius 1 is 1.20 bits per heavy atom. The van der Waals surface area contributed by atoms with E-state index in [1.165, 1.54) is 10.9 Å². The van der Waals surface area contributed by atoms with Gasteiger partial charge in [-0.05, 0) is 43.7 Å². The number of benzene rings is 1. The molecule has 0 aliphatic carbocycles. The quantitative estimate of drug-likeness (QED) is 0.760. The molecule has 0 spiro atoms. The molecule has 1 aromatic heterocycles. The lowest BCUT2D eigenvalue weighted by Gasteiger charge is -2.15. The van der Waals surface area contributed by atoms with E-state index in [4.69, 9.17) is 0 Å². The van der Waals surface area contributed by atoms with Crippen LogP contribution in [-0.4, -0.2) is 6.54 Å². The van der Waals surface area contributed by atoms with Gasteiger partial charge in [-0.2, -0.15) is 0 Å². The predicted molar refractivity (Wildman–Crippen MR) is 85.8 cm³/mol. The summed E-state index contributed by atoms with van der Waals surface area (Å²) in [7, 11) is 0. The van der Waals surface area contributed by atoms with Crippen LogP contribution in [0, 0.1) is 12.7 Å². The number of aryl methyl sites for hydroxylation is 1. The lowest BCUT2D eigenvalue weighted by molar-refractivity contribution is 0.516. The van der Waals surface area contributed by atoms with Gasteiger partial charge in [-0.15, -0.1) is 11.3 Å². The molecule has 108 valence electrons. The maximum atomic E-state index is 14.0. The molecule has 0 aliphatic heterocycles. The fraction of sp³-hybridized carbons (Fsp3) is 0.412. The molecule has 0 aliphatic rings. The van der Waals surface area contributed by atoms with Crippen LogP contribution >= 0.6 is 11.3 Å². The Balaban J connectivity index is 2.32. The van der Waals surface area contributed by atoms with Crippen molar-refractivity contribution in [2.45, 2.75) is 39.7 Å². The number of rotatable bonds is 6. The highest BCUT2D eigenvalue weighted by molar-refractivity contribution is 7.15. The summed E-state index contributed by atoms with van der Waals surface area (Å²) in [6.45, 7) is 7.24. The third-order valence-electron chi connectivity index (χ3n) is 3.47. The van der Waals surface area contributed by atoms with Crippen LogP contribution in [0.2, 0.25) is 0 Å². The van der Waals surface area contributed by atoms with Crippen LogP contribution < -0.4 is 5.32 Å². The summed E-state index contributed by atoms with van der Waals surface area (Å²) in [6, 6.07) is 9.83. The van der Waals surface area contributed by atoms with E-state index in [-0.39, 0.29) is 5.82 Å². The molecule has 0 radical (unpaired) electrons. The molecule has 1 aromatic carbocycles. The Hall–Kier alpha value is -1.19. The van der Waals surface area contributed by atoms with Crippen molar-refractivity contribution >= 4 is 11.3 Å². The van der Waals surface area contributed by atoms with Gasteiger partial charge in [0.2, 0.25) is 0 Å². The molecule has 2 rings (SSSR count). The molecular weight excluding hydrogens is 269 g/mol. The Morgan fingerprint density at radius 3 is 2.65 bits per heavy atom. The van der Waals surface area contributed by atoms with Gasteiger partial charge in [0.15, 0.2) is 0 Å². The normalized spacial score (nSPS) is 12.6. The van der Waals surface area contributed by atoms with E-state index >= 15 is 0 Å². The number of thiophene rings is 1. The Bertz CT molecular complexity index is 536. The van der Waals surface area contributed by atoms with Crippen molar-refractivity contribution in [3.05, 3.63) is 46.6 Å². The van der Waals surface area contributed by atoms with Crippen LogP contribution in [0.3, 0.4) is 0 Å². The Kier molecular flexibility index (Phi) is 5.32. The minimum absolute atomic E-state index is 0.131. The van der Waals surface area contributed by atoms with Crippen LogP contribution in [0.5, 0.6) is 0 Å². The first-order valence-electron chi connectivity index (χ1n) is 7.26. The van der Waals surface area contributed by atoms with Crippen molar-refractivity contribution in [3.63, 3.8) is 0 Å². The molecule has 0 amide bonds. The van der Waals surface area contributed by atoms with E-state index < -0.39 is 0 Å². The highest BCUT2D eigenvalue weighted by Gasteiger charge is 2.15. The molecule has 3 heteroatoms. The van der Waals surface area contributed by atoms with Crippen LogP contribution in [0.1, 0.15) is 43.2 Å². The van der Waals surface area contributed by atoms with Crippen molar-refractivity contribution in [2.24, 2.45) is 0 Å². The molecular formula is C17H22FNS. The SMILES string of the molecule is CCCC(NCC)c1ccc(-c2c(C)cccc2F)s1. The van der Waals surface area contributed by atoms with Crippen molar-refractivity contribution in [1.29, 1.82) is 0 Å². The molecule has 0 bridgehead atoms. The van der Waals surface area contributed by atoms with Gasteiger partial charge in [0, 0.05) is 21.4 Å². The summed E-state index contributed by atoms with van der Waals surface area (Å²) in [5, 5.41) is 3.51. The summed E-state index contributed by atoms with van der Waals surface area (Å²) in [5.74, 6) is -0.131. The highest BCUT2D eigenvalue weighted by Crippen LogP contribution is 2.35. The van der Waals surface area contributed by atoms with Crippen molar-refractivity contribution in [1.82, 2.24) is 5.32 Å². The van der Waals surface area contributed by atoms with Crippen LogP contribution in [-0.2, 0) is 0 Å². The van der Waals surface area contributed by atoms with Gasteiger partial charge in [-0.3, -0.25) is 0 Å². The first-order chi connectivity index (χ1) is 9.67. The standard InChI is InChI=1S/C17H22FNS/c1-4-7-14(19-5-2)15-10-11-16(20-15)17-12(3)8-6-9-13(17)18/h6,8-11,14,19H,4-5,7H2,1-3H3. The first kappa shape index (κ1) is 15.2. The number of hydrogen-bond donors (Lipinski definition) is 1. The number of hydrogen-bond acceptors (Lipinski definition) is 2. The molecule has 1 nitrogen and oxygen atoms in total. The van der Waals surface area contributed by atoms with Gasteiger partial charge in [0.1, 0.15) is 5.82 Å². The van der Waals surface area contributed by atoms with Crippen LogP contribution in [0.25, 0.3) is 10.4 Å². The van der Waals surface area contributed by atoms with E-state index in [0.29, 0.717) is 6.04 Å².